The summed E-state index contributed by atoms with van der Waals surface area (Å²) in [5.74, 6) is 0.876. The van der Waals surface area contributed by atoms with Crippen LogP contribution in [-0.2, 0) is 6.67 Å². The summed E-state index contributed by atoms with van der Waals surface area (Å²) in [6.07, 6.45) is 1.97. The average Bonchev–Trinajstić information content (AvgIpc) is 3.07. The summed E-state index contributed by atoms with van der Waals surface area (Å²) in [4.78, 5) is 9.53. The summed E-state index contributed by atoms with van der Waals surface area (Å²) in [5.41, 5.74) is 4.93. The molecular formula is C22H27ClN4O. The minimum absolute atomic E-state index is 0.701. The van der Waals surface area contributed by atoms with E-state index in [0.29, 0.717) is 6.61 Å². The van der Waals surface area contributed by atoms with Crippen LogP contribution in [0, 0.1) is 13.8 Å². The molecule has 3 aromatic rings. The summed E-state index contributed by atoms with van der Waals surface area (Å²) in [5, 5.41) is 0.736. The van der Waals surface area contributed by atoms with Crippen LogP contribution in [0.5, 0.6) is 5.75 Å². The van der Waals surface area contributed by atoms with E-state index in [-0.39, 0.29) is 0 Å². The molecule has 5 nitrogen and oxygen atoms in total. The maximum Gasteiger partial charge on any atom is 0.119 e. The second kappa shape index (κ2) is 8.52. The molecule has 0 bridgehead atoms. The number of hydrogen-bond donors (Lipinski definition) is 0. The normalized spacial score (nSPS) is 16.0. The number of aryl methyl sites for hydroxylation is 2. The smallest absolute Gasteiger partial charge is 0.119 e. The number of ether oxygens (including phenoxy) is 1. The number of imidazole rings is 1. The maximum atomic E-state index is 5.90. The first-order valence-corrected chi connectivity index (χ1v) is 10.2. The van der Waals surface area contributed by atoms with Gasteiger partial charge in [0.2, 0.25) is 0 Å². The van der Waals surface area contributed by atoms with Gasteiger partial charge in [0.05, 0.1) is 24.0 Å². The van der Waals surface area contributed by atoms with Crippen LogP contribution >= 0.6 is 11.6 Å². The number of rotatable bonds is 6. The summed E-state index contributed by atoms with van der Waals surface area (Å²) >= 11 is 5.90. The number of nitrogens with zero attached hydrogens (tertiary/aromatic N) is 4. The Hall–Kier alpha value is -2.08. The fourth-order valence-electron chi connectivity index (χ4n) is 3.62. The second-order valence-electron chi connectivity index (χ2n) is 7.54. The van der Waals surface area contributed by atoms with Crippen LogP contribution in [0.4, 0.5) is 0 Å². The molecule has 1 saturated heterocycles. The molecule has 1 aromatic heterocycles. The van der Waals surface area contributed by atoms with Gasteiger partial charge < -0.3 is 9.30 Å². The molecule has 0 N–H and O–H groups in total. The molecule has 0 spiro atoms. The van der Waals surface area contributed by atoms with Crippen LogP contribution in [0.25, 0.3) is 11.0 Å². The minimum Gasteiger partial charge on any atom is -0.492 e. The van der Waals surface area contributed by atoms with Crippen molar-refractivity contribution in [3.8, 4) is 5.75 Å². The molecule has 4 rings (SSSR count). The molecule has 2 aromatic carbocycles. The molecule has 0 unspecified atom stereocenters. The number of halogens is 1. The number of benzene rings is 2. The molecule has 6 heteroatoms. The van der Waals surface area contributed by atoms with Gasteiger partial charge >= 0.3 is 0 Å². The van der Waals surface area contributed by atoms with Crippen LogP contribution < -0.4 is 4.74 Å². The lowest BCUT2D eigenvalue weighted by Gasteiger charge is -2.34. The van der Waals surface area contributed by atoms with E-state index in [1.54, 1.807) is 0 Å². The van der Waals surface area contributed by atoms with E-state index in [9.17, 15) is 0 Å². The summed E-state index contributed by atoms with van der Waals surface area (Å²) < 4.78 is 8.08. The van der Waals surface area contributed by atoms with Gasteiger partial charge in [0.1, 0.15) is 12.4 Å². The molecular weight excluding hydrogens is 372 g/mol. The van der Waals surface area contributed by atoms with E-state index in [0.717, 1.165) is 55.7 Å². The monoisotopic (exact) mass is 398 g/mol. The third-order valence-electron chi connectivity index (χ3n) is 5.54. The molecule has 0 saturated carbocycles. The molecule has 1 aliphatic rings. The quantitative estimate of drug-likeness (QED) is 0.629. The molecule has 148 valence electrons. The number of hydrogen-bond acceptors (Lipinski definition) is 4. The van der Waals surface area contributed by atoms with Crippen molar-refractivity contribution in [3.63, 3.8) is 0 Å². The van der Waals surface area contributed by atoms with Crippen molar-refractivity contribution in [1.82, 2.24) is 19.4 Å². The van der Waals surface area contributed by atoms with Gasteiger partial charge in [0.15, 0.2) is 0 Å². The highest BCUT2D eigenvalue weighted by molar-refractivity contribution is 6.30. The Balaban J connectivity index is 1.25. The zero-order valence-electron chi connectivity index (χ0n) is 16.6. The van der Waals surface area contributed by atoms with E-state index in [1.165, 1.54) is 16.6 Å². The van der Waals surface area contributed by atoms with E-state index in [2.05, 4.69) is 45.3 Å². The topological polar surface area (TPSA) is 33.5 Å². The number of piperazine rings is 1. The van der Waals surface area contributed by atoms with E-state index >= 15 is 0 Å². The fraction of sp³-hybridized carbons (Fsp3) is 0.409. The van der Waals surface area contributed by atoms with Crippen LogP contribution in [0.1, 0.15) is 11.1 Å². The molecule has 1 fully saturated rings. The lowest BCUT2D eigenvalue weighted by molar-refractivity contribution is 0.0973. The second-order valence-corrected chi connectivity index (χ2v) is 7.98. The zero-order chi connectivity index (χ0) is 19.5. The van der Waals surface area contributed by atoms with Crippen molar-refractivity contribution < 1.29 is 4.74 Å². The maximum absolute atomic E-state index is 5.90. The average molecular weight is 399 g/mol. The van der Waals surface area contributed by atoms with Gasteiger partial charge in [-0.25, -0.2) is 4.98 Å². The molecule has 0 amide bonds. The predicted molar refractivity (Wildman–Crippen MR) is 114 cm³/mol. The molecule has 0 atom stereocenters. The molecule has 28 heavy (non-hydrogen) atoms. The Labute approximate surface area is 171 Å². The van der Waals surface area contributed by atoms with Crippen LogP contribution in [0.3, 0.4) is 0 Å². The van der Waals surface area contributed by atoms with Gasteiger partial charge in [0.25, 0.3) is 0 Å². The third kappa shape index (κ3) is 4.49. The highest BCUT2D eigenvalue weighted by Crippen LogP contribution is 2.19. The Bertz CT molecular complexity index is 930. The Morgan fingerprint density at radius 2 is 1.64 bits per heavy atom. The number of fused-ring (bicyclic) bond motifs is 1. The van der Waals surface area contributed by atoms with Crippen molar-refractivity contribution in [2.45, 2.75) is 20.5 Å². The zero-order valence-corrected chi connectivity index (χ0v) is 17.3. The summed E-state index contributed by atoms with van der Waals surface area (Å²) in [6, 6.07) is 12.0. The lowest BCUT2D eigenvalue weighted by atomic mass is 10.1. The minimum atomic E-state index is 0.701. The van der Waals surface area contributed by atoms with E-state index in [1.807, 2.05) is 30.6 Å². The van der Waals surface area contributed by atoms with E-state index in [4.69, 9.17) is 16.3 Å². The van der Waals surface area contributed by atoms with Crippen LogP contribution in [0.2, 0.25) is 5.02 Å². The predicted octanol–water partition coefficient (Wildman–Crippen LogP) is 3.96. The van der Waals surface area contributed by atoms with Gasteiger partial charge in [-0.05, 0) is 61.4 Å². The molecule has 2 heterocycles. The molecule has 0 radical (unpaired) electrons. The van der Waals surface area contributed by atoms with Crippen molar-refractivity contribution in [2.75, 3.05) is 39.3 Å². The largest absolute Gasteiger partial charge is 0.492 e. The summed E-state index contributed by atoms with van der Waals surface area (Å²) in [6.45, 7) is 11.1. The van der Waals surface area contributed by atoms with E-state index < -0.39 is 0 Å². The number of aromatic nitrogens is 2. The standard InChI is InChI=1S/C22H27ClN4O/c1-17-13-21-22(14-18(17)2)27(15-24-21)16-26-9-7-25(8-10-26)11-12-28-20-5-3-19(23)4-6-20/h3-6,13-15H,7-12,16H2,1-2H3. The molecule has 0 aliphatic carbocycles. The van der Waals surface area contributed by atoms with Crippen molar-refractivity contribution in [1.29, 1.82) is 0 Å². The SMILES string of the molecule is Cc1cc2ncn(CN3CCN(CCOc4ccc(Cl)cc4)CC3)c2cc1C. The first kappa shape index (κ1) is 19.2. The Morgan fingerprint density at radius 3 is 2.39 bits per heavy atom. The van der Waals surface area contributed by atoms with Gasteiger partial charge in [-0.15, -0.1) is 0 Å². The Kier molecular flexibility index (Phi) is 5.85. The highest BCUT2D eigenvalue weighted by atomic mass is 35.5. The van der Waals surface area contributed by atoms with Crippen LogP contribution in [-0.4, -0.2) is 58.7 Å². The van der Waals surface area contributed by atoms with Gasteiger partial charge in [-0.3, -0.25) is 9.80 Å². The van der Waals surface area contributed by atoms with Crippen molar-refractivity contribution in [3.05, 3.63) is 58.9 Å². The fourth-order valence-corrected chi connectivity index (χ4v) is 3.75. The van der Waals surface area contributed by atoms with Crippen molar-refractivity contribution >= 4 is 22.6 Å². The van der Waals surface area contributed by atoms with Crippen molar-refractivity contribution in [2.24, 2.45) is 0 Å². The van der Waals surface area contributed by atoms with Gasteiger partial charge in [0, 0.05) is 37.7 Å². The van der Waals surface area contributed by atoms with Gasteiger partial charge in [-0.1, -0.05) is 11.6 Å². The Morgan fingerprint density at radius 1 is 0.964 bits per heavy atom. The lowest BCUT2D eigenvalue weighted by Crippen LogP contribution is -2.47. The first-order valence-electron chi connectivity index (χ1n) is 9.84. The van der Waals surface area contributed by atoms with Gasteiger partial charge in [-0.2, -0.15) is 0 Å². The molecule has 1 aliphatic heterocycles. The highest BCUT2D eigenvalue weighted by Gasteiger charge is 2.17. The first-order chi connectivity index (χ1) is 13.6. The summed E-state index contributed by atoms with van der Waals surface area (Å²) in [7, 11) is 0. The van der Waals surface area contributed by atoms with Crippen LogP contribution in [0.15, 0.2) is 42.7 Å². The third-order valence-corrected chi connectivity index (χ3v) is 5.80.